The SMILES string of the molecule is N#Cc1ccc(NCc2ncc(-c3ccc(Cl)cc3)o2)cc1. The number of halogens is 1. The number of hydrogen-bond acceptors (Lipinski definition) is 4. The van der Waals surface area contributed by atoms with E-state index in [0.717, 1.165) is 11.3 Å². The molecule has 0 aliphatic heterocycles. The maximum Gasteiger partial charge on any atom is 0.214 e. The molecule has 1 aromatic heterocycles. The van der Waals surface area contributed by atoms with Gasteiger partial charge in [0.2, 0.25) is 5.89 Å². The van der Waals surface area contributed by atoms with Gasteiger partial charge in [0.25, 0.3) is 0 Å². The van der Waals surface area contributed by atoms with Crippen LogP contribution in [0.15, 0.2) is 59.1 Å². The molecule has 2 aromatic carbocycles. The Morgan fingerprint density at radius 1 is 1.09 bits per heavy atom. The van der Waals surface area contributed by atoms with Crippen molar-refractivity contribution in [1.82, 2.24) is 4.98 Å². The molecule has 4 nitrogen and oxygen atoms in total. The summed E-state index contributed by atoms with van der Waals surface area (Å²) in [7, 11) is 0. The van der Waals surface area contributed by atoms with Crippen LogP contribution in [0.5, 0.6) is 0 Å². The normalized spacial score (nSPS) is 10.2. The average molecular weight is 310 g/mol. The lowest BCUT2D eigenvalue weighted by Gasteiger charge is -2.03. The molecule has 0 radical (unpaired) electrons. The highest BCUT2D eigenvalue weighted by Crippen LogP contribution is 2.22. The lowest BCUT2D eigenvalue weighted by molar-refractivity contribution is 0.516. The standard InChI is InChI=1S/C17H12ClN3O/c18-14-5-3-13(4-6-14)16-10-21-17(22-16)11-20-15-7-1-12(9-19)2-8-15/h1-8,10,20H,11H2. The van der Waals surface area contributed by atoms with Crippen molar-refractivity contribution < 1.29 is 4.42 Å². The number of anilines is 1. The zero-order chi connectivity index (χ0) is 15.4. The van der Waals surface area contributed by atoms with Crippen LogP contribution in [0.4, 0.5) is 5.69 Å². The number of hydrogen-bond donors (Lipinski definition) is 1. The average Bonchev–Trinajstić information content (AvgIpc) is 3.03. The van der Waals surface area contributed by atoms with Crippen molar-refractivity contribution in [2.75, 3.05) is 5.32 Å². The van der Waals surface area contributed by atoms with E-state index in [4.69, 9.17) is 21.3 Å². The van der Waals surface area contributed by atoms with Crippen LogP contribution in [0.2, 0.25) is 5.02 Å². The van der Waals surface area contributed by atoms with Gasteiger partial charge in [-0.25, -0.2) is 4.98 Å². The fourth-order valence-electron chi connectivity index (χ4n) is 1.98. The number of rotatable bonds is 4. The zero-order valence-electron chi connectivity index (χ0n) is 11.6. The molecule has 1 heterocycles. The molecule has 1 N–H and O–H groups in total. The van der Waals surface area contributed by atoms with E-state index >= 15 is 0 Å². The van der Waals surface area contributed by atoms with Crippen LogP contribution in [0, 0.1) is 11.3 Å². The van der Waals surface area contributed by atoms with Gasteiger partial charge in [-0.05, 0) is 48.5 Å². The van der Waals surface area contributed by atoms with Crippen molar-refractivity contribution in [3.63, 3.8) is 0 Å². The summed E-state index contributed by atoms with van der Waals surface area (Å²) in [4.78, 5) is 4.25. The molecule has 0 saturated carbocycles. The molecule has 0 aliphatic carbocycles. The number of benzene rings is 2. The second-order valence-corrected chi connectivity index (χ2v) is 5.10. The first-order valence-corrected chi connectivity index (χ1v) is 7.07. The van der Waals surface area contributed by atoms with Gasteiger partial charge in [-0.15, -0.1) is 0 Å². The molecular formula is C17H12ClN3O. The summed E-state index contributed by atoms with van der Waals surface area (Å²) >= 11 is 5.87. The van der Waals surface area contributed by atoms with Gasteiger partial charge in [0, 0.05) is 16.3 Å². The lowest BCUT2D eigenvalue weighted by atomic mass is 10.2. The highest BCUT2D eigenvalue weighted by molar-refractivity contribution is 6.30. The Hall–Kier alpha value is -2.77. The van der Waals surface area contributed by atoms with E-state index in [0.29, 0.717) is 28.8 Å². The van der Waals surface area contributed by atoms with Crippen molar-refractivity contribution in [3.8, 4) is 17.4 Å². The van der Waals surface area contributed by atoms with Crippen LogP contribution in [0.1, 0.15) is 11.5 Å². The van der Waals surface area contributed by atoms with Gasteiger partial charge in [0.05, 0.1) is 24.4 Å². The molecule has 108 valence electrons. The maximum atomic E-state index is 8.76. The van der Waals surface area contributed by atoms with Gasteiger partial charge in [0.1, 0.15) is 0 Å². The second kappa shape index (κ2) is 6.33. The molecule has 0 amide bonds. The number of nitrogens with one attached hydrogen (secondary N) is 1. The molecule has 0 saturated heterocycles. The maximum absolute atomic E-state index is 8.76. The van der Waals surface area contributed by atoms with Crippen molar-refractivity contribution >= 4 is 17.3 Å². The first-order valence-electron chi connectivity index (χ1n) is 6.69. The Morgan fingerprint density at radius 3 is 2.50 bits per heavy atom. The summed E-state index contributed by atoms with van der Waals surface area (Å²) in [6, 6.07) is 16.7. The largest absolute Gasteiger partial charge is 0.439 e. The van der Waals surface area contributed by atoms with E-state index in [1.807, 2.05) is 36.4 Å². The third kappa shape index (κ3) is 3.27. The first-order chi connectivity index (χ1) is 10.7. The predicted molar refractivity (Wildman–Crippen MR) is 85.4 cm³/mol. The number of oxazole rings is 1. The molecule has 22 heavy (non-hydrogen) atoms. The van der Waals surface area contributed by atoms with Gasteiger partial charge in [-0.2, -0.15) is 5.26 Å². The lowest BCUT2D eigenvalue weighted by Crippen LogP contribution is -1.99. The molecule has 0 atom stereocenters. The Balaban J connectivity index is 1.66. The Kier molecular flexibility index (Phi) is 4.08. The molecule has 0 bridgehead atoms. The summed E-state index contributed by atoms with van der Waals surface area (Å²) < 4.78 is 5.71. The third-order valence-corrected chi connectivity index (χ3v) is 3.39. The van der Waals surface area contributed by atoms with E-state index in [1.165, 1.54) is 0 Å². The summed E-state index contributed by atoms with van der Waals surface area (Å²) in [6.45, 7) is 0.472. The molecule has 5 heteroatoms. The summed E-state index contributed by atoms with van der Waals surface area (Å²) in [5.74, 6) is 1.29. The molecular weight excluding hydrogens is 298 g/mol. The highest BCUT2D eigenvalue weighted by atomic mass is 35.5. The summed E-state index contributed by atoms with van der Waals surface area (Å²) in [5, 5.41) is 12.6. The number of aromatic nitrogens is 1. The van der Waals surface area contributed by atoms with Crippen LogP contribution in [0.25, 0.3) is 11.3 Å². The monoisotopic (exact) mass is 309 g/mol. The highest BCUT2D eigenvalue weighted by Gasteiger charge is 2.06. The molecule has 3 aromatic rings. The topological polar surface area (TPSA) is 61.9 Å². The van der Waals surface area contributed by atoms with Gasteiger partial charge < -0.3 is 9.73 Å². The third-order valence-electron chi connectivity index (χ3n) is 3.14. The fourth-order valence-corrected chi connectivity index (χ4v) is 2.11. The van der Waals surface area contributed by atoms with E-state index in [1.54, 1.807) is 18.3 Å². The van der Waals surface area contributed by atoms with E-state index in [2.05, 4.69) is 16.4 Å². The summed E-state index contributed by atoms with van der Waals surface area (Å²) in [6.07, 6.45) is 1.69. The Labute approximate surface area is 133 Å². The Bertz CT molecular complexity index is 801. The quantitative estimate of drug-likeness (QED) is 0.772. The van der Waals surface area contributed by atoms with Crippen LogP contribution < -0.4 is 5.32 Å². The number of nitrogens with zero attached hydrogens (tertiary/aromatic N) is 2. The predicted octanol–water partition coefficient (Wildman–Crippen LogP) is 4.48. The van der Waals surface area contributed by atoms with Gasteiger partial charge in [-0.1, -0.05) is 11.6 Å². The smallest absolute Gasteiger partial charge is 0.214 e. The van der Waals surface area contributed by atoms with E-state index in [9.17, 15) is 0 Å². The summed E-state index contributed by atoms with van der Waals surface area (Å²) in [5.41, 5.74) is 2.47. The molecule has 0 aliphatic rings. The van der Waals surface area contributed by atoms with Crippen LogP contribution in [0.3, 0.4) is 0 Å². The van der Waals surface area contributed by atoms with Crippen molar-refractivity contribution in [3.05, 3.63) is 71.2 Å². The first kappa shape index (κ1) is 14.2. The molecule has 0 spiro atoms. The molecule has 3 rings (SSSR count). The number of nitriles is 1. The minimum Gasteiger partial charge on any atom is -0.439 e. The van der Waals surface area contributed by atoms with Crippen molar-refractivity contribution in [1.29, 1.82) is 5.26 Å². The zero-order valence-corrected chi connectivity index (χ0v) is 12.3. The van der Waals surface area contributed by atoms with E-state index < -0.39 is 0 Å². The van der Waals surface area contributed by atoms with Gasteiger partial charge in [-0.3, -0.25) is 0 Å². The Morgan fingerprint density at radius 2 is 1.82 bits per heavy atom. The molecule has 0 fully saturated rings. The van der Waals surface area contributed by atoms with Crippen LogP contribution in [-0.2, 0) is 6.54 Å². The van der Waals surface area contributed by atoms with Crippen LogP contribution >= 0.6 is 11.6 Å². The van der Waals surface area contributed by atoms with Crippen molar-refractivity contribution in [2.24, 2.45) is 0 Å². The van der Waals surface area contributed by atoms with Crippen molar-refractivity contribution in [2.45, 2.75) is 6.54 Å². The fraction of sp³-hybridized carbons (Fsp3) is 0.0588. The van der Waals surface area contributed by atoms with Gasteiger partial charge >= 0.3 is 0 Å². The van der Waals surface area contributed by atoms with Crippen LogP contribution in [-0.4, -0.2) is 4.98 Å². The molecule has 0 unspecified atom stereocenters. The minimum absolute atomic E-state index is 0.472. The van der Waals surface area contributed by atoms with E-state index in [-0.39, 0.29) is 0 Å². The van der Waals surface area contributed by atoms with Gasteiger partial charge in [0.15, 0.2) is 5.76 Å². The minimum atomic E-state index is 0.472. The second-order valence-electron chi connectivity index (χ2n) is 4.67.